The number of ether oxygens (including phenoxy) is 2. The molecule has 0 aliphatic rings. The maximum atomic E-state index is 12.6. The van der Waals surface area contributed by atoms with Crippen molar-refractivity contribution in [1.82, 2.24) is 4.57 Å². The Bertz CT molecular complexity index is 1180. The maximum absolute atomic E-state index is 12.6. The summed E-state index contributed by atoms with van der Waals surface area (Å²) in [5.74, 6) is -0.319. The van der Waals surface area contributed by atoms with Gasteiger partial charge < -0.3 is 14.0 Å². The Labute approximate surface area is 174 Å². The summed E-state index contributed by atoms with van der Waals surface area (Å²) in [6.07, 6.45) is 1.79. The summed E-state index contributed by atoms with van der Waals surface area (Å²) < 4.78 is 12.8. The van der Waals surface area contributed by atoms with Crippen LogP contribution in [-0.4, -0.2) is 16.5 Å². The van der Waals surface area contributed by atoms with Gasteiger partial charge in [0, 0.05) is 25.1 Å². The topological polar surface area (TPSA) is 57.5 Å². The van der Waals surface area contributed by atoms with Crippen LogP contribution in [0.25, 0.3) is 10.9 Å². The average Bonchev–Trinajstić information content (AvgIpc) is 3.09. The molecule has 30 heavy (non-hydrogen) atoms. The molecule has 5 nitrogen and oxygen atoms in total. The molecule has 0 fully saturated rings. The number of esters is 2. The third-order valence-electron chi connectivity index (χ3n) is 4.74. The molecule has 0 aliphatic heterocycles. The zero-order valence-corrected chi connectivity index (χ0v) is 16.6. The number of rotatable bonds is 6. The highest BCUT2D eigenvalue weighted by atomic mass is 16.5. The van der Waals surface area contributed by atoms with Gasteiger partial charge in [-0.3, -0.25) is 4.79 Å². The van der Waals surface area contributed by atoms with E-state index in [4.69, 9.17) is 9.47 Å². The number of carbonyl (C=O) groups is 2. The summed E-state index contributed by atoms with van der Waals surface area (Å²) in [4.78, 5) is 24.1. The highest BCUT2D eigenvalue weighted by molar-refractivity contribution is 5.97. The molecule has 0 bridgehead atoms. The molecule has 0 saturated carbocycles. The molecule has 0 atom stereocenters. The molecule has 0 amide bonds. The van der Waals surface area contributed by atoms with E-state index in [9.17, 15) is 9.59 Å². The number of hydrogen-bond donors (Lipinski definition) is 0. The third-order valence-corrected chi connectivity index (χ3v) is 4.74. The molecular formula is C25H21NO4. The lowest BCUT2D eigenvalue weighted by Crippen LogP contribution is -2.06. The van der Waals surface area contributed by atoms with Crippen molar-refractivity contribution in [2.75, 3.05) is 0 Å². The molecule has 4 aromatic rings. The summed E-state index contributed by atoms with van der Waals surface area (Å²) in [6, 6.07) is 24.8. The number of nitrogens with zero attached hydrogens (tertiary/aromatic N) is 1. The Morgan fingerprint density at radius 2 is 1.53 bits per heavy atom. The van der Waals surface area contributed by atoms with Crippen molar-refractivity contribution >= 4 is 22.8 Å². The Kier molecular flexibility index (Phi) is 5.61. The van der Waals surface area contributed by atoms with E-state index in [1.807, 2.05) is 65.2 Å². The van der Waals surface area contributed by atoms with Crippen LogP contribution in [0.1, 0.15) is 28.4 Å². The van der Waals surface area contributed by atoms with Crippen LogP contribution in [-0.2, 0) is 22.7 Å². The molecule has 0 saturated heterocycles. The first kappa shape index (κ1) is 19.5. The Balaban J connectivity index is 1.64. The van der Waals surface area contributed by atoms with Crippen LogP contribution >= 0.6 is 0 Å². The second-order valence-electron chi connectivity index (χ2n) is 6.99. The molecule has 1 aromatic heterocycles. The van der Waals surface area contributed by atoms with Crippen LogP contribution in [0, 0.1) is 0 Å². The van der Waals surface area contributed by atoms with Crippen LogP contribution in [0.4, 0.5) is 0 Å². The van der Waals surface area contributed by atoms with Crippen LogP contribution in [0.15, 0.2) is 85.1 Å². The molecular weight excluding hydrogens is 378 g/mol. The summed E-state index contributed by atoms with van der Waals surface area (Å²) in [5, 5.41) is 0.765. The molecule has 150 valence electrons. The second-order valence-corrected chi connectivity index (χ2v) is 6.99. The third kappa shape index (κ3) is 4.41. The van der Waals surface area contributed by atoms with E-state index < -0.39 is 5.97 Å². The van der Waals surface area contributed by atoms with Crippen molar-refractivity contribution in [3.8, 4) is 5.75 Å². The van der Waals surface area contributed by atoms with Gasteiger partial charge in [0.2, 0.25) is 0 Å². The van der Waals surface area contributed by atoms with Crippen molar-refractivity contribution < 1.29 is 19.1 Å². The first-order chi connectivity index (χ1) is 14.6. The SMILES string of the molecule is CC(=O)Oc1cn(Cc2ccccc2)c2cc(C(=O)OCc3ccccc3)ccc12. The van der Waals surface area contributed by atoms with Gasteiger partial charge in [-0.1, -0.05) is 60.7 Å². The zero-order valence-electron chi connectivity index (χ0n) is 16.6. The highest BCUT2D eigenvalue weighted by Gasteiger charge is 2.15. The predicted octanol–water partition coefficient (Wildman–Crippen LogP) is 4.97. The van der Waals surface area contributed by atoms with Crippen molar-refractivity contribution in [3.63, 3.8) is 0 Å². The van der Waals surface area contributed by atoms with E-state index in [0.29, 0.717) is 17.9 Å². The number of benzene rings is 3. The minimum absolute atomic E-state index is 0.210. The van der Waals surface area contributed by atoms with Gasteiger partial charge in [0.15, 0.2) is 5.75 Å². The highest BCUT2D eigenvalue weighted by Crippen LogP contribution is 2.30. The van der Waals surface area contributed by atoms with Crippen molar-refractivity contribution in [3.05, 3.63) is 102 Å². The van der Waals surface area contributed by atoms with Crippen molar-refractivity contribution in [1.29, 1.82) is 0 Å². The van der Waals surface area contributed by atoms with Gasteiger partial charge in [-0.15, -0.1) is 0 Å². The number of hydrogen-bond acceptors (Lipinski definition) is 4. The average molecular weight is 399 g/mol. The van der Waals surface area contributed by atoms with Gasteiger partial charge in [-0.25, -0.2) is 4.79 Å². The van der Waals surface area contributed by atoms with Crippen LogP contribution in [0.3, 0.4) is 0 Å². The minimum Gasteiger partial charge on any atom is -0.457 e. The van der Waals surface area contributed by atoms with Crippen LogP contribution in [0.5, 0.6) is 5.75 Å². The zero-order chi connectivity index (χ0) is 20.9. The summed E-state index contributed by atoms with van der Waals surface area (Å²) in [7, 11) is 0. The standard InChI is InChI=1S/C25H21NO4/c1-18(27)30-24-16-26(15-19-8-4-2-5-9-19)23-14-21(12-13-22(23)24)25(28)29-17-20-10-6-3-7-11-20/h2-14,16H,15,17H2,1H3. The van der Waals surface area contributed by atoms with Crippen LogP contribution in [0.2, 0.25) is 0 Å². The molecule has 0 spiro atoms. The molecule has 0 N–H and O–H groups in total. The number of aromatic nitrogens is 1. The van der Waals surface area contributed by atoms with E-state index in [1.54, 1.807) is 24.4 Å². The summed E-state index contributed by atoms with van der Waals surface area (Å²) >= 11 is 0. The van der Waals surface area contributed by atoms with E-state index in [-0.39, 0.29) is 12.6 Å². The van der Waals surface area contributed by atoms with Gasteiger partial charge in [-0.2, -0.15) is 0 Å². The van der Waals surface area contributed by atoms with Crippen molar-refractivity contribution in [2.45, 2.75) is 20.1 Å². The lowest BCUT2D eigenvalue weighted by atomic mass is 10.1. The quantitative estimate of drug-likeness (QED) is 0.430. The van der Waals surface area contributed by atoms with Gasteiger partial charge in [0.25, 0.3) is 0 Å². The molecule has 1 heterocycles. The van der Waals surface area contributed by atoms with Gasteiger partial charge >= 0.3 is 11.9 Å². The van der Waals surface area contributed by atoms with Crippen LogP contribution < -0.4 is 4.74 Å². The fourth-order valence-electron chi connectivity index (χ4n) is 3.34. The Hall–Kier alpha value is -3.86. The maximum Gasteiger partial charge on any atom is 0.338 e. The first-order valence-electron chi connectivity index (χ1n) is 9.66. The summed E-state index contributed by atoms with van der Waals surface area (Å²) in [5.41, 5.74) is 3.27. The molecule has 5 heteroatoms. The molecule has 0 aliphatic carbocycles. The number of carbonyl (C=O) groups excluding carboxylic acids is 2. The lowest BCUT2D eigenvalue weighted by Gasteiger charge is -2.08. The van der Waals surface area contributed by atoms with E-state index >= 15 is 0 Å². The first-order valence-corrected chi connectivity index (χ1v) is 9.66. The number of fused-ring (bicyclic) bond motifs is 1. The Morgan fingerprint density at radius 1 is 0.867 bits per heavy atom. The lowest BCUT2D eigenvalue weighted by molar-refractivity contribution is -0.131. The van der Waals surface area contributed by atoms with Gasteiger partial charge in [-0.05, 0) is 29.3 Å². The molecule has 3 aromatic carbocycles. The predicted molar refractivity (Wildman–Crippen MR) is 114 cm³/mol. The van der Waals surface area contributed by atoms with Gasteiger partial charge in [0.1, 0.15) is 6.61 Å². The fourth-order valence-corrected chi connectivity index (χ4v) is 3.34. The normalized spacial score (nSPS) is 10.7. The van der Waals surface area contributed by atoms with Crippen molar-refractivity contribution in [2.24, 2.45) is 0 Å². The molecule has 0 unspecified atom stereocenters. The summed E-state index contributed by atoms with van der Waals surface area (Å²) in [6.45, 7) is 2.16. The molecule has 4 rings (SSSR count). The second kappa shape index (κ2) is 8.66. The monoisotopic (exact) mass is 399 g/mol. The van der Waals surface area contributed by atoms with E-state index in [1.165, 1.54) is 6.92 Å². The van der Waals surface area contributed by atoms with E-state index in [0.717, 1.165) is 22.0 Å². The minimum atomic E-state index is -0.401. The largest absolute Gasteiger partial charge is 0.457 e. The van der Waals surface area contributed by atoms with E-state index in [2.05, 4.69) is 0 Å². The fraction of sp³-hybridized carbons (Fsp3) is 0.120. The molecule has 0 radical (unpaired) electrons. The smallest absolute Gasteiger partial charge is 0.338 e. The van der Waals surface area contributed by atoms with Gasteiger partial charge in [0.05, 0.1) is 11.1 Å². The Morgan fingerprint density at radius 3 is 2.20 bits per heavy atom.